The van der Waals surface area contributed by atoms with Crippen molar-refractivity contribution in [1.82, 2.24) is 14.8 Å². The van der Waals surface area contributed by atoms with Crippen molar-refractivity contribution in [3.8, 4) is 0 Å². The molecular formula is C17H18N4O2S. The van der Waals surface area contributed by atoms with E-state index in [1.165, 1.54) is 11.3 Å². The SMILES string of the molecule is O=C1CCN(C(=O)c2cccc(Nc3nccs3)c2)C2CCCN12. The van der Waals surface area contributed by atoms with Crippen LogP contribution in [0.4, 0.5) is 10.8 Å². The lowest BCUT2D eigenvalue weighted by Crippen LogP contribution is -2.55. The fourth-order valence-electron chi connectivity index (χ4n) is 3.41. The summed E-state index contributed by atoms with van der Waals surface area (Å²) < 4.78 is 0. The minimum Gasteiger partial charge on any atom is -0.332 e. The quantitative estimate of drug-likeness (QED) is 0.931. The van der Waals surface area contributed by atoms with Gasteiger partial charge >= 0.3 is 0 Å². The van der Waals surface area contributed by atoms with Gasteiger partial charge in [-0.3, -0.25) is 9.59 Å². The highest BCUT2D eigenvalue weighted by Gasteiger charge is 2.39. The Kier molecular flexibility index (Phi) is 3.93. The Morgan fingerprint density at radius 3 is 3.08 bits per heavy atom. The standard InChI is InChI=1S/C17H18N4O2S/c22-15-6-9-21(14-5-2-8-20(14)15)16(23)12-3-1-4-13(11-12)19-17-18-7-10-24-17/h1,3-4,7,10-11,14H,2,5-6,8-9H2,(H,18,19). The molecule has 2 aromatic rings. The number of benzene rings is 1. The molecule has 0 spiro atoms. The number of anilines is 2. The van der Waals surface area contributed by atoms with Crippen LogP contribution in [-0.2, 0) is 4.79 Å². The Bertz CT molecular complexity index is 762. The van der Waals surface area contributed by atoms with E-state index in [-0.39, 0.29) is 18.0 Å². The van der Waals surface area contributed by atoms with E-state index in [0.717, 1.165) is 30.2 Å². The number of hydrogen-bond acceptors (Lipinski definition) is 5. The van der Waals surface area contributed by atoms with Crippen LogP contribution in [0.3, 0.4) is 0 Å². The van der Waals surface area contributed by atoms with Crippen LogP contribution in [0.1, 0.15) is 29.6 Å². The number of carbonyl (C=O) groups is 2. The second-order valence-electron chi connectivity index (χ2n) is 6.00. The van der Waals surface area contributed by atoms with Crippen LogP contribution in [0.2, 0.25) is 0 Å². The summed E-state index contributed by atoms with van der Waals surface area (Å²) >= 11 is 1.51. The molecule has 3 heterocycles. The lowest BCUT2D eigenvalue weighted by molar-refractivity contribution is -0.139. The first kappa shape index (κ1) is 15.1. The molecule has 1 unspecified atom stereocenters. The molecule has 7 heteroatoms. The zero-order chi connectivity index (χ0) is 16.5. The van der Waals surface area contributed by atoms with Gasteiger partial charge in [0.25, 0.3) is 5.91 Å². The number of carbonyl (C=O) groups excluding carboxylic acids is 2. The number of rotatable bonds is 3. The first-order valence-corrected chi connectivity index (χ1v) is 8.97. The second-order valence-corrected chi connectivity index (χ2v) is 6.90. The van der Waals surface area contributed by atoms with Crippen molar-refractivity contribution in [3.63, 3.8) is 0 Å². The van der Waals surface area contributed by atoms with Crippen molar-refractivity contribution in [2.75, 3.05) is 18.4 Å². The molecule has 1 aromatic carbocycles. The Balaban J connectivity index is 1.55. The highest BCUT2D eigenvalue weighted by atomic mass is 32.1. The first-order chi connectivity index (χ1) is 11.7. The predicted octanol–water partition coefficient (Wildman–Crippen LogP) is 2.68. The molecule has 0 aliphatic carbocycles. The largest absolute Gasteiger partial charge is 0.332 e. The summed E-state index contributed by atoms with van der Waals surface area (Å²) in [6.07, 6.45) is 3.91. The molecule has 0 radical (unpaired) electrons. The van der Waals surface area contributed by atoms with Crippen molar-refractivity contribution < 1.29 is 9.59 Å². The minimum atomic E-state index is -0.0747. The average Bonchev–Trinajstić information content (AvgIpc) is 3.27. The zero-order valence-corrected chi connectivity index (χ0v) is 14.0. The monoisotopic (exact) mass is 342 g/mol. The number of amides is 2. The summed E-state index contributed by atoms with van der Waals surface area (Å²) in [6, 6.07) is 7.45. The molecule has 2 saturated heterocycles. The third kappa shape index (κ3) is 2.75. The van der Waals surface area contributed by atoms with Gasteiger partial charge in [-0.1, -0.05) is 6.07 Å². The second kappa shape index (κ2) is 6.24. The van der Waals surface area contributed by atoms with Crippen molar-refractivity contribution in [1.29, 1.82) is 0 Å². The Morgan fingerprint density at radius 1 is 1.33 bits per heavy atom. The number of fused-ring (bicyclic) bond motifs is 1. The smallest absolute Gasteiger partial charge is 0.255 e. The molecule has 2 fully saturated rings. The van der Waals surface area contributed by atoms with Crippen LogP contribution >= 0.6 is 11.3 Å². The van der Waals surface area contributed by atoms with Gasteiger partial charge in [-0.15, -0.1) is 11.3 Å². The minimum absolute atomic E-state index is 0.0119. The molecule has 6 nitrogen and oxygen atoms in total. The van der Waals surface area contributed by atoms with Gasteiger partial charge in [0.05, 0.1) is 0 Å². The van der Waals surface area contributed by atoms with E-state index in [4.69, 9.17) is 0 Å². The van der Waals surface area contributed by atoms with E-state index >= 15 is 0 Å². The van der Waals surface area contributed by atoms with Crippen LogP contribution in [0.5, 0.6) is 0 Å². The van der Waals surface area contributed by atoms with Gasteiger partial charge in [-0.2, -0.15) is 0 Å². The van der Waals surface area contributed by atoms with Gasteiger partial charge in [0.2, 0.25) is 5.91 Å². The van der Waals surface area contributed by atoms with Crippen LogP contribution in [0, 0.1) is 0 Å². The van der Waals surface area contributed by atoms with Crippen molar-refractivity contribution in [2.45, 2.75) is 25.4 Å². The average molecular weight is 342 g/mol. The Morgan fingerprint density at radius 2 is 2.25 bits per heavy atom. The number of nitrogens with zero attached hydrogens (tertiary/aromatic N) is 3. The van der Waals surface area contributed by atoms with E-state index in [1.807, 2.05) is 39.4 Å². The maximum Gasteiger partial charge on any atom is 0.255 e. The van der Waals surface area contributed by atoms with E-state index < -0.39 is 0 Å². The summed E-state index contributed by atoms with van der Waals surface area (Å²) in [4.78, 5) is 32.8. The van der Waals surface area contributed by atoms with Crippen LogP contribution in [0.15, 0.2) is 35.8 Å². The van der Waals surface area contributed by atoms with Gasteiger partial charge in [-0.05, 0) is 31.0 Å². The van der Waals surface area contributed by atoms with Crippen LogP contribution in [0.25, 0.3) is 0 Å². The molecular weight excluding hydrogens is 324 g/mol. The van der Waals surface area contributed by atoms with Crippen LogP contribution in [-0.4, -0.2) is 45.9 Å². The van der Waals surface area contributed by atoms with E-state index in [2.05, 4.69) is 10.3 Å². The molecule has 1 N–H and O–H groups in total. The molecule has 2 amide bonds. The molecule has 1 atom stereocenters. The van der Waals surface area contributed by atoms with E-state index in [0.29, 0.717) is 18.5 Å². The molecule has 1 aromatic heterocycles. The van der Waals surface area contributed by atoms with Gasteiger partial charge in [0.15, 0.2) is 5.13 Å². The van der Waals surface area contributed by atoms with Gasteiger partial charge in [0, 0.05) is 42.3 Å². The Labute approximate surface area is 144 Å². The Hall–Kier alpha value is -2.41. The number of hydrogen-bond donors (Lipinski definition) is 1. The van der Waals surface area contributed by atoms with Gasteiger partial charge in [-0.25, -0.2) is 4.98 Å². The van der Waals surface area contributed by atoms with Gasteiger partial charge in [0.1, 0.15) is 6.17 Å². The summed E-state index contributed by atoms with van der Waals surface area (Å²) in [5, 5.41) is 5.90. The lowest BCUT2D eigenvalue weighted by Gasteiger charge is -2.39. The highest BCUT2D eigenvalue weighted by molar-refractivity contribution is 7.13. The fraction of sp³-hybridized carbons (Fsp3) is 0.353. The highest BCUT2D eigenvalue weighted by Crippen LogP contribution is 2.28. The summed E-state index contributed by atoms with van der Waals surface area (Å²) in [7, 11) is 0. The fourth-order valence-corrected chi connectivity index (χ4v) is 3.96. The molecule has 2 aliphatic rings. The van der Waals surface area contributed by atoms with Crippen LogP contribution < -0.4 is 5.32 Å². The molecule has 124 valence electrons. The lowest BCUT2D eigenvalue weighted by atomic mass is 10.1. The normalized spacial score (nSPS) is 20.2. The van der Waals surface area contributed by atoms with E-state index in [9.17, 15) is 9.59 Å². The number of thiazole rings is 1. The number of aromatic nitrogens is 1. The first-order valence-electron chi connectivity index (χ1n) is 8.09. The molecule has 0 bridgehead atoms. The summed E-state index contributed by atoms with van der Waals surface area (Å²) in [5.41, 5.74) is 1.48. The molecule has 24 heavy (non-hydrogen) atoms. The predicted molar refractivity (Wildman–Crippen MR) is 92.2 cm³/mol. The van der Waals surface area contributed by atoms with Crippen molar-refractivity contribution in [2.24, 2.45) is 0 Å². The van der Waals surface area contributed by atoms with Crippen molar-refractivity contribution in [3.05, 3.63) is 41.4 Å². The summed E-state index contributed by atoms with van der Waals surface area (Å²) in [6.45, 7) is 1.27. The molecule has 0 saturated carbocycles. The maximum absolute atomic E-state index is 13.0. The maximum atomic E-state index is 13.0. The third-order valence-electron chi connectivity index (χ3n) is 4.52. The zero-order valence-electron chi connectivity index (χ0n) is 13.1. The molecule has 2 aliphatic heterocycles. The summed E-state index contributed by atoms with van der Waals surface area (Å²) in [5.74, 6) is 0.155. The van der Waals surface area contributed by atoms with E-state index in [1.54, 1.807) is 6.20 Å². The van der Waals surface area contributed by atoms with Gasteiger partial charge < -0.3 is 15.1 Å². The molecule has 4 rings (SSSR count). The third-order valence-corrected chi connectivity index (χ3v) is 5.21. The number of nitrogens with one attached hydrogen (secondary N) is 1. The van der Waals surface area contributed by atoms with Crippen molar-refractivity contribution >= 4 is 34.0 Å². The topological polar surface area (TPSA) is 65.5 Å².